The first-order chi connectivity index (χ1) is 19.2. The summed E-state index contributed by atoms with van der Waals surface area (Å²) >= 11 is 0. The number of halogens is 6. The fourth-order valence-corrected chi connectivity index (χ4v) is 7.14. The Morgan fingerprint density at radius 3 is 1.76 bits per heavy atom. The molecular formula is C27H32F6N4O4. The highest BCUT2D eigenvalue weighted by Gasteiger charge is 2.54. The van der Waals surface area contributed by atoms with E-state index in [4.69, 9.17) is 30.0 Å². The quantitative estimate of drug-likeness (QED) is 0.481. The second-order valence-electron chi connectivity index (χ2n) is 11.4. The molecule has 2 aromatic rings. The van der Waals surface area contributed by atoms with Crippen molar-refractivity contribution < 1.29 is 46.1 Å². The molecule has 0 spiro atoms. The summed E-state index contributed by atoms with van der Waals surface area (Å²) in [4.78, 5) is 20.4. The molecule has 2 N–H and O–H groups in total. The summed E-state index contributed by atoms with van der Waals surface area (Å²) in [5.74, 6) is -0.0341. The lowest BCUT2D eigenvalue weighted by Crippen LogP contribution is -2.50. The molecule has 41 heavy (non-hydrogen) atoms. The van der Waals surface area contributed by atoms with Crippen molar-refractivity contribution in [2.45, 2.75) is 75.8 Å². The van der Waals surface area contributed by atoms with Crippen LogP contribution in [0.5, 0.6) is 0 Å². The van der Waals surface area contributed by atoms with E-state index >= 15 is 0 Å². The van der Waals surface area contributed by atoms with E-state index < -0.39 is 24.3 Å². The van der Waals surface area contributed by atoms with Gasteiger partial charge >= 0.3 is 24.3 Å². The summed E-state index contributed by atoms with van der Waals surface area (Å²) in [5, 5.41) is 23.8. The predicted molar refractivity (Wildman–Crippen MR) is 133 cm³/mol. The number of benzene rings is 1. The van der Waals surface area contributed by atoms with Gasteiger partial charge in [-0.1, -0.05) is 30.3 Å². The van der Waals surface area contributed by atoms with Gasteiger partial charge in [-0.3, -0.25) is 4.90 Å². The Balaban J connectivity index is 0.000000232. The minimum Gasteiger partial charge on any atom is -0.475 e. The van der Waals surface area contributed by atoms with Gasteiger partial charge in [-0.25, -0.2) is 9.59 Å². The zero-order chi connectivity index (χ0) is 30.0. The number of rotatable bonds is 3. The van der Waals surface area contributed by atoms with Crippen molar-refractivity contribution in [3.05, 3.63) is 47.5 Å². The van der Waals surface area contributed by atoms with Gasteiger partial charge in [0, 0.05) is 38.0 Å². The molecule has 2 heterocycles. The second kappa shape index (κ2) is 12.0. The zero-order valence-corrected chi connectivity index (χ0v) is 22.2. The molecule has 226 valence electrons. The van der Waals surface area contributed by atoms with Crippen LogP contribution < -0.4 is 0 Å². The van der Waals surface area contributed by atoms with Gasteiger partial charge in [-0.05, 0) is 61.8 Å². The minimum absolute atomic E-state index is 0.356. The Morgan fingerprint density at radius 2 is 1.29 bits per heavy atom. The van der Waals surface area contributed by atoms with Crippen LogP contribution in [0, 0.1) is 17.8 Å². The van der Waals surface area contributed by atoms with Crippen molar-refractivity contribution in [2.24, 2.45) is 17.8 Å². The average Bonchev–Trinajstić information content (AvgIpc) is 3.19. The number of hydrogen-bond acceptors (Lipinski definition) is 5. The van der Waals surface area contributed by atoms with Gasteiger partial charge in [0.1, 0.15) is 11.6 Å². The van der Waals surface area contributed by atoms with E-state index in [0.717, 1.165) is 50.4 Å². The average molecular weight is 591 g/mol. The van der Waals surface area contributed by atoms with Crippen molar-refractivity contribution in [3.8, 4) is 0 Å². The minimum atomic E-state index is -5.08. The summed E-state index contributed by atoms with van der Waals surface area (Å²) in [6.45, 7) is 4.31. The van der Waals surface area contributed by atoms with E-state index in [2.05, 4.69) is 39.8 Å². The molecule has 14 heteroatoms. The fraction of sp³-hybridized carbons (Fsp3) is 0.630. The number of carboxylic acid groups (broad SMARTS) is 2. The molecule has 0 atom stereocenters. The lowest BCUT2D eigenvalue weighted by Gasteiger charge is -2.56. The first kappa shape index (κ1) is 30.8. The smallest absolute Gasteiger partial charge is 0.475 e. The highest BCUT2D eigenvalue weighted by molar-refractivity contribution is 5.73. The Bertz CT molecular complexity index is 1160. The SMILES string of the molecule is O=C(O)C(F)(F)F.O=C(O)C(F)(F)F.c1ccc(CN2CCc3nnc(C45CC6CC(CC(C6)C4)C5)n3CC2)cc1. The summed E-state index contributed by atoms with van der Waals surface area (Å²) in [5.41, 5.74) is 1.77. The van der Waals surface area contributed by atoms with Crippen molar-refractivity contribution >= 4 is 11.9 Å². The number of aliphatic carboxylic acids is 2. The molecule has 0 unspecified atom stereocenters. The summed E-state index contributed by atoms with van der Waals surface area (Å²) in [6.07, 6.45) is -0.520. The molecule has 1 aliphatic heterocycles. The highest BCUT2D eigenvalue weighted by Crippen LogP contribution is 2.60. The number of carboxylic acids is 2. The summed E-state index contributed by atoms with van der Waals surface area (Å²) in [7, 11) is 0. The highest BCUT2D eigenvalue weighted by atomic mass is 19.4. The van der Waals surface area contributed by atoms with Gasteiger partial charge in [0.05, 0.1) is 0 Å². The molecule has 7 rings (SSSR count). The van der Waals surface area contributed by atoms with E-state index in [-0.39, 0.29) is 0 Å². The van der Waals surface area contributed by atoms with E-state index in [0.29, 0.717) is 5.41 Å². The van der Waals surface area contributed by atoms with Crippen LogP contribution in [0.25, 0.3) is 0 Å². The maximum Gasteiger partial charge on any atom is 0.490 e. The van der Waals surface area contributed by atoms with Crippen LogP contribution in [0.15, 0.2) is 30.3 Å². The fourth-order valence-electron chi connectivity index (χ4n) is 7.14. The molecule has 0 radical (unpaired) electrons. The van der Waals surface area contributed by atoms with Crippen LogP contribution in [0.2, 0.25) is 0 Å². The first-order valence-electron chi connectivity index (χ1n) is 13.5. The van der Waals surface area contributed by atoms with Crippen LogP contribution in [0.3, 0.4) is 0 Å². The standard InChI is InChI=1S/C23H30N4.2C2HF3O2/c1-2-4-17(5-3-1)16-26-7-6-21-24-25-22(27(21)9-8-26)23-13-18-10-19(14-23)12-20(11-18)15-23;2*3-2(4,5)1(6)7/h1-5,18-20H,6-16H2;2*(H,6,7). The van der Waals surface area contributed by atoms with Crippen LogP contribution in [0.4, 0.5) is 26.3 Å². The van der Waals surface area contributed by atoms with Gasteiger partial charge in [0.25, 0.3) is 0 Å². The topological polar surface area (TPSA) is 109 Å². The van der Waals surface area contributed by atoms with E-state index in [9.17, 15) is 26.3 Å². The van der Waals surface area contributed by atoms with Crippen molar-refractivity contribution in [1.29, 1.82) is 0 Å². The second-order valence-corrected chi connectivity index (χ2v) is 11.4. The number of fused-ring (bicyclic) bond motifs is 1. The molecule has 4 bridgehead atoms. The van der Waals surface area contributed by atoms with Gasteiger partial charge in [-0.15, -0.1) is 10.2 Å². The molecule has 0 saturated heterocycles. The van der Waals surface area contributed by atoms with Gasteiger partial charge < -0.3 is 14.8 Å². The number of nitrogens with zero attached hydrogens (tertiary/aromatic N) is 4. The summed E-state index contributed by atoms with van der Waals surface area (Å²) in [6, 6.07) is 10.9. The number of alkyl halides is 6. The van der Waals surface area contributed by atoms with Crippen molar-refractivity contribution in [1.82, 2.24) is 19.7 Å². The molecule has 4 aliphatic carbocycles. The maximum atomic E-state index is 10.6. The predicted octanol–water partition coefficient (Wildman–Crippen LogP) is 5.07. The Hall–Kier alpha value is -3.16. The Labute approximate surface area is 232 Å². The third kappa shape index (κ3) is 7.57. The summed E-state index contributed by atoms with van der Waals surface area (Å²) < 4.78 is 66.0. The van der Waals surface area contributed by atoms with E-state index in [1.807, 2.05) is 0 Å². The van der Waals surface area contributed by atoms with E-state index in [1.165, 1.54) is 55.7 Å². The normalized spacial score (nSPS) is 27.0. The first-order valence-corrected chi connectivity index (χ1v) is 13.5. The largest absolute Gasteiger partial charge is 0.490 e. The molecule has 4 saturated carbocycles. The monoisotopic (exact) mass is 590 g/mol. The third-order valence-corrected chi connectivity index (χ3v) is 8.37. The molecule has 0 amide bonds. The van der Waals surface area contributed by atoms with Crippen molar-refractivity contribution in [3.63, 3.8) is 0 Å². The lowest BCUT2D eigenvalue weighted by atomic mass is 9.49. The molecule has 8 nitrogen and oxygen atoms in total. The van der Waals surface area contributed by atoms with Gasteiger partial charge in [0.2, 0.25) is 0 Å². The van der Waals surface area contributed by atoms with Crippen LogP contribution >= 0.6 is 0 Å². The Morgan fingerprint density at radius 1 is 0.805 bits per heavy atom. The molecule has 5 aliphatic rings. The number of hydrogen-bond donors (Lipinski definition) is 2. The lowest BCUT2D eigenvalue weighted by molar-refractivity contribution is -0.193. The van der Waals surface area contributed by atoms with Crippen LogP contribution in [0.1, 0.15) is 55.7 Å². The molecule has 1 aromatic heterocycles. The molecular weight excluding hydrogens is 558 g/mol. The van der Waals surface area contributed by atoms with Crippen LogP contribution in [-0.4, -0.2) is 67.3 Å². The number of carbonyl (C=O) groups is 2. The van der Waals surface area contributed by atoms with Crippen LogP contribution in [-0.2, 0) is 34.5 Å². The van der Waals surface area contributed by atoms with E-state index in [1.54, 1.807) is 0 Å². The van der Waals surface area contributed by atoms with Gasteiger partial charge in [-0.2, -0.15) is 26.3 Å². The van der Waals surface area contributed by atoms with Gasteiger partial charge in [0.15, 0.2) is 0 Å². The van der Waals surface area contributed by atoms with Crippen molar-refractivity contribution in [2.75, 3.05) is 13.1 Å². The number of aromatic nitrogens is 3. The third-order valence-electron chi connectivity index (χ3n) is 8.37. The molecule has 4 fully saturated rings. The zero-order valence-electron chi connectivity index (χ0n) is 22.2. The molecule has 1 aromatic carbocycles. The Kier molecular flexibility index (Phi) is 9.00. The maximum absolute atomic E-state index is 10.6.